The number of hydrogen-bond acceptors (Lipinski definition) is 4. The van der Waals surface area contributed by atoms with Gasteiger partial charge in [-0.2, -0.15) is 0 Å². The first-order valence-corrected chi connectivity index (χ1v) is 7.01. The fourth-order valence-corrected chi connectivity index (χ4v) is 2.50. The molecule has 0 atom stereocenters. The molecule has 20 heavy (non-hydrogen) atoms. The predicted octanol–water partition coefficient (Wildman–Crippen LogP) is 2.94. The third kappa shape index (κ3) is 4.03. The second-order valence-corrected chi connectivity index (χ2v) is 5.38. The van der Waals surface area contributed by atoms with Crippen molar-refractivity contribution in [2.45, 2.75) is 20.3 Å². The first kappa shape index (κ1) is 16.6. The van der Waals surface area contributed by atoms with Gasteiger partial charge in [0.15, 0.2) is 0 Å². The zero-order chi connectivity index (χ0) is 13.8. The highest BCUT2D eigenvalue weighted by Crippen LogP contribution is 2.18. The molecule has 1 amide bonds. The summed E-state index contributed by atoms with van der Waals surface area (Å²) in [6.45, 7) is 4.51. The topological polar surface area (TPSA) is 68.0 Å². The molecule has 1 heterocycles. The molecule has 6 heteroatoms. The van der Waals surface area contributed by atoms with Gasteiger partial charge in [-0.05, 0) is 37.6 Å². The summed E-state index contributed by atoms with van der Waals surface area (Å²) < 4.78 is 0. The van der Waals surface area contributed by atoms with Crippen LogP contribution in [0.5, 0.6) is 0 Å². The van der Waals surface area contributed by atoms with Crippen molar-refractivity contribution in [1.29, 1.82) is 0 Å². The molecule has 108 valence electrons. The minimum Gasteiger partial charge on any atom is -0.330 e. The molecule has 0 saturated heterocycles. The van der Waals surface area contributed by atoms with Gasteiger partial charge in [0.05, 0.1) is 5.01 Å². The molecule has 1 aromatic heterocycles. The van der Waals surface area contributed by atoms with Crippen LogP contribution < -0.4 is 11.1 Å². The summed E-state index contributed by atoms with van der Waals surface area (Å²) in [5.74, 6) is -0.173. The van der Waals surface area contributed by atoms with Gasteiger partial charge in [0, 0.05) is 17.5 Å². The fourth-order valence-electron chi connectivity index (χ4n) is 1.71. The number of amides is 1. The van der Waals surface area contributed by atoms with E-state index in [4.69, 9.17) is 5.73 Å². The Balaban J connectivity index is 0.00000200. The van der Waals surface area contributed by atoms with Crippen LogP contribution in [0.1, 0.15) is 26.6 Å². The molecule has 1 aromatic carbocycles. The molecule has 4 nitrogen and oxygen atoms in total. The minimum absolute atomic E-state index is 0. The number of hydrogen-bond donors (Lipinski definition) is 2. The van der Waals surface area contributed by atoms with E-state index in [1.54, 1.807) is 5.38 Å². The molecule has 0 spiro atoms. The fraction of sp³-hybridized carbons (Fsp3) is 0.286. The number of rotatable bonds is 4. The summed E-state index contributed by atoms with van der Waals surface area (Å²) in [7, 11) is 0. The molecule has 0 aliphatic rings. The first-order valence-electron chi connectivity index (χ1n) is 6.13. The highest BCUT2D eigenvalue weighted by molar-refractivity contribution is 7.09. The molecule has 0 unspecified atom stereocenters. The van der Waals surface area contributed by atoms with Crippen LogP contribution in [0.2, 0.25) is 0 Å². The second kappa shape index (κ2) is 7.38. The predicted molar refractivity (Wildman–Crippen MR) is 86.0 cm³/mol. The average Bonchev–Trinajstić information content (AvgIpc) is 2.83. The minimum atomic E-state index is -0.173. The van der Waals surface area contributed by atoms with Crippen molar-refractivity contribution in [2.24, 2.45) is 5.73 Å². The van der Waals surface area contributed by atoms with Gasteiger partial charge >= 0.3 is 0 Å². The SMILES string of the molecule is Cc1ccc(C)c(NC(=O)c2csc(CCN)n2)c1.Cl. The van der Waals surface area contributed by atoms with Crippen LogP contribution in [-0.2, 0) is 6.42 Å². The van der Waals surface area contributed by atoms with E-state index < -0.39 is 0 Å². The largest absolute Gasteiger partial charge is 0.330 e. The molecule has 0 fully saturated rings. The Hall–Kier alpha value is -1.43. The summed E-state index contributed by atoms with van der Waals surface area (Å²) in [6.07, 6.45) is 0.710. The zero-order valence-electron chi connectivity index (χ0n) is 11.5. The van der Waals surface area contributed by atoms with Crippen molar-refractivity contribution in [3.05, 3.63) is 45.4 Å². The van der Waals surface area contributed by atoms with E-state index in [1.807, 2.05) is 32.0 Å². The molecule has 0 bridgehead atoms. The third-order valence-corrected chi connectivity index (χ3v) is 3.69. The number of nitrogens with zero attached hydrogens (tertiary/aromatic N) is 1. The maximum atomic E-state index is 12.1. The number of aryl methyl sites for hydroxylation is 2. The number of nitrogens with one attached hydrogen (secondary N) is 1. The standard InChI is InChI=1S/C14H17N3OS.ClH/c1-9-3-4-10(2)11(7-9)17-14(18)12-8-19-13(16-12)5-6-15;/h3-4,7-8H,5-6,15H2,1-2H3,(H,17,18);1H. The Labute approximate surface area is 128 Å². The highest BCUT2D eigenvalue weighted by Gasteiger charge is 2.11. The lowest BCUT2D eigenvalue weighted by molar-refractivity contribution is 0.102. The van der Waals surface area contributed by atoms with Crippen molar-refractivity contribution in [2.75, 3.05) is 11.9 Å². The van der Waals surface area contributed by atoms with Crippen LogP contribution in [0.4, 0.5) is 5.69 Å². The Morgan fingerprint density at radius 3 is 2.85 bits per heavy atom. The van der Waals surface area contributed by atoms with Crippen molar-refractivity contribution in [3.8, 4) is 0 Å². The van der Waals surface area contributed by atoms with Crippen molar-refractivity contribution in [3.63, 3.8) is 0 Å². The van der Waals surface area contributed by atoms with E-state index in [1.165, 1.54) is 11.3 Å². The lowest BCUT2D eigenvalue weighted by Crippen LogP contribution is -2.13. The first-order chi connectivity index (χ1) is 9.10. The summed E-state index contributed by atoms with van der Waals surface area (Å²) in [6, 6.07) is 5.97. The van der Waals surface area contributed by atoms with Crippen LogP contribution in [-0.4, -0.2) is 17.4 Å². The van der Waals surface area contributed by atoms with Gasteiger partial charge in [0.1, 0.15) is 5.69 Å². The van der Waals surface area contributed by atoms with Crippen molar-refractivity contribution in [1.82, 2.24) is 4.98 Å². The van der Waals surface area contributed by atoms with Gasteiger partial charge in [-0.1, -0.05) is 12.1 Å². The van der Waals surface area contributed by atoms with E-state index in [2.05, 4.69) is 10.3 Å². The van der Waals surface area contributed by atoms with Crippen LogP contribution in [0, 0.1) is 13.8 Å². The van der Waals surface area contributed by atoms with E-state index in [-0.39, 0.29) is 18.3 Å². The number of carbonyl (C=O) groups is 1. The lowest BCUT2D eigenvalue weighted by atomic mass is 10.1. The van der Waals surface area contributed by atoms with Gasteiger partial charge in [0.25, 0.3) is 5.91 Å². The smallest absolute Gasteiger partial charge is 0.275 e. The second-order valence-electron chi connectivity index (χ2n) is 4.44. The summed E-state index contributed by atoms with van der Waals surface area (Å²) in [5, 5.41) is 5.56. The van der Waals surface area contributed by atoms with Gasteiger partial charge < -0.3 is 11.1 Å². The van der Waals surface area contributed by atoms with Crippen molar-refractivity contribution >= 4 is 35.3 Å². The quantitative estimate of drug-likeness (QED) is 0.912. The number of nitrogens with two attached hydrogens (primary N) is 1. The van der Waals surface area contributed by atoms with E-state index in [9.17, 15) is 4.79 Å². The molecule has 0 aliphatic carbocycles. The number of aromatic nitrogens is 1. The number of thiazole rings is 1. The van der Waals surface area contributed by atoms with E-state index in [0.29, 0.717) is 18.7 Å². The maximum absolute atomic E-state index is 12.1. The third-order valence-electron chi connectivity index (χ3n) is 2.78. The molecule has 0 radical (unpaired) electrons. The summed E-state index contributed by atoms with van der Waals surface area (Å²) >= 11 is 1.47. The van der Waals surface area contributed by atoms with Crippen LogP contribution >= 0.6 is 23.7 Å². The molecule has 0 saturated carbocycles. The summed E-state index contributed by atoms with van der Waals surface area (Å²) in [5.41, 5.74) is 8.91. The van der Waals surface area contributed by atoms with E-state index in [0.717, 1.165) is 21.8 Å². The van der Waals surface area contributed by atoms with Gasteiger partial charge in [-0.15, -0.1) is 23.7 Å². The number of anilines is 1. The monoisotopic (exact) mass is 311 g/mol. The Morgan fingerprint density at radius 2 is 2.15 bits per heavy atom. The van der Waals surface area contributed by atoms with Crippen molar-refractivity contribution < 1.29 is 4.79 Å². The number of benzene rings is 1. The molecular weight excluding hydrogens is 294 g/mol. The summed E-state index contributed by atoms with van der Waals surface area (Å²) in [4.78, 5) is 16.4. The lowest BCUT2D eigenvalue weighted by Gasteiger charge is -2.07. The van der Waals surface area contributed by atoms with Crippen LogP contribution in [0.25, 0.3) is 0 Å². The molecule has 2 rings (SSSR count). The van der Waals surface area contributed by atoms with Gasteiger partial charge in [0.2, 0.25) is 0 Å². The van der Waals surface area contributed by atoms with Crippen LogP contribution in [0.3, 0.4) is 0 Å². The normalized spacial score (nSPS) is 9.95. The Kier molecular flexibility index (Phi) is 6.13. The molecular formula is C14H18ClN3OS. The number of carbonyl (C=O) groups excluding carboxylic acids is 1. The maximum Gasteiger partial charge on any atom is 0.275 e. The molecule has 0 aliphatic heterocycles. The highest BCUT2D eigenvalue weighted by atomic mass is 35.5. The zero-order valence-corrected chi connectivity index (χ0v) is 13.1. The molecule has 3 N–H and O–H groups in total. The van der Waals surface area contributed by atoms with E-state index >= 15 is 0 Å². The van der Waals surface area contributed by atoms with Gasteiger partial charge in [-0.25, -0.2) is 4.98 Å². The molecule has 2 aromatic rings. The Bertz CT molecular complexity index is 598. The average molecular weight is 312 g/mol. The Morgan fingerprint density at radius 1 is 1.40 bits per heavy atom. The van der Waals surface area contributed by atoms with Crippen LogP contribution in [0.15, 0.2) is 23.6 Å². The van der Waals surface area contributed by atoms with Gasteiger partial charge in [-0.3, -0.25) is 4.79 Å². The number of halogens is 1.